The van der Waals surface area contributed by atoms with Crippen molar-refractivity contribution >= 4 is 20.8 Å². The van der Waals surface area contributed by atoms with E-state index in [9.17, 15) is 26.0 Å². The van der Waals surface area contributed by atoms with Gasteiger partial charge in [-0.3, -0.25) is 0 Å². The van der Waals surface area contributed by atoms with E-state index in [0.29, 0.717) is 16.8 Å². The van der Waals surface area contributed by atoms with Gasteiger partial charge in [0.05, 0.1) is 10.5 Å². The average molecular weight is 383 g/mol. The van der Waals surface area contributed by atoms with Crippen LogP contribution in [0.1, 0.15) is 11.1 Å². The van der Waals surface area contributed by atoms with Crippen molar-refractivity contribution in [2.45, 2.75) is 17.6 Å². The summed E-state index contributed by atoms with van der Waals surface area (Å²) >= 11 is 0. The number of halogens is 4. The minimum Gasteiger partial charge on any atom is -0.207 e. The number of nitrogens with one attached hydrogen (secondary N) is 1. The Hall–Kier alpha value is -2.45. The number of fused-ring (bicyclic) bond motifs is 1. The smallest absolute Gasteiger partial charge is 0.207 e. The molecule has 0 spiro atoms. The third-order valence-electron chi connectivity index (χ3n) is 3.88. The molecule has 3 rings (SSSR count). The Kier molecular flexibility index (Phi) is 4.72. The Bertz CT molecular complexity index is 1060. The van der Waals surface area contributed by atoms with Crippen LogP contribution in [0.4, 0.5) is 17.6 Å². The Morgan fingerprint density at radius 2 is 1.54 bits per heavy atom. The number of alkyl halides is 3. The van der Waals surface area contributed by atoms with Crippen molar-refractivity contribution in [1.82, 2.24) is 4.72 Å². The molecule has 3 aromatic carbocycles. The van der Waals surface area contributed by atoms with Crippen molar-refractivity contribution in [3.05, 3.63) is 77.6 Å². The highest BCUT2D eigenvalue weighted by molar-refractivity contribution is 7.89. The number of rotatable bonds is 4. The van der Waals surface area contributed by atoms with Gasteiger partial charge in [0, 0.05) is 17.5 Å². The fraction of sp³-hybridized carbons (Fsp3) is 0.111. The monoisotopic (exact) mass is 383 g/mol. The maximum Gasteiger partial charge on any atom is 0.419 e. The molecule has 0 radical (unpaired) electrons. The Labute approximate surface area is 147 Å². The maximum absolute atomic E-state index is 14.0. The van der Waals surface area contributed by atoms with Crippen molar-refractivity contribution in [1.29, 1.82) is 0 Å². The first-order valence-electron chi connectivity index (χ1n) is 7.52. The highest BCUT2D eigenvalue weighted by atomic mass is 32.2. The van der Waals surface area contributed by atoms with Crippen molar-refractivity contribution < 1.29 is 26.0 Å². The fourth-order valence-corrected chi connectivity index (χ4v) is 3.85. The van der Waals surface area contributed by atoms with E-state index in [1.54, 1.807) is 36.4 Å². The van der Waals surface area contributed by atoms with Crippen LogP contribution in [0.3, 0.4) is 0 Å². The first-order valence-corrected chi connectivity index (χ1v) is 9.00. The van der Waals surface area contributed by atoms with E-state index in [-0.39, 0.29) is 10.5 Å². The van der Waals surface area contributed by atoms with Crippen molar-refractivity contribution in [2.75, 3.05) is 0 Å². The van der Waals surface area contributed by atoms with Crippen LogP contribution in [0.2, 0.25) is 0 Å². The first kappa shape index (κ1) is 18.3. The lowest BCUT2D eigenvalue weighted by Crippen LogP contribution is -2.24. The van der Waals surface area contributed by atoms with Crippen molar-refractivity contribution in [3.63, 3.8) is 0 Å². The molecule has 0 bridgehead atoms. The van der Waals surface area contributed by atoms with Gasteiger partial charge in [-0.1, -0.05) is 48.5 Å². The molecule has 0 amide bonds. The van der Waals surface area contributed by atoms with Gasteiger partial charge in [0.15, 0.2) is 0 Å². The summed E-state index contributed by atoms with van der Waals surface area (Å²) in [6.45, 7) is -0.596. The lowest BCUT2D eigenvalue weighted by molar-refractivity contribution is -0.140. The summed E-state index contributed by atoms with van der Waals surface area (Å²) in [6.07, 6.45) is -4.85. The molecule has 0 aromatic heterocycles. The number of hydrogen-bond donors (Lipinski definition) is 1. The topological polar surface area (TPSA) is 46.2 Å². The molecule has 8 heteroatoms. The lowest BCUT2D eigenvalue weighted by Gasteiger charge is -2.13. The Balaban J connectivity index is 1.92. The second-order valence-corrected chi connectivity index (χ2v) is 7.31. The van der Waals surface area contributed by atoms with Crippen LogP contribution in [-0.2, 0) is 22.7 Å². The quantitative estimate of drug-likeness (QED) is 0.676. The van der Waals surface area contributed by atoms with E-state index in [4.69, 9.17) is 0 Å². The van der Waals surface area contributed by atoms with E-state index in [2.05, 4.69) is 4.72 Å². The average Bonchev–Trinajstić information content (AvgIpc) is 2.59. The van der Waals surface area contributed by atoms with Gasteiger partial charge >= 0.3 is 6.18 Å². The van der Waals surface area contributed by atoms with Gasteiger partial charge < -0.3 is 0 Å². The van der Waals surface area contributed by atoms with Gasteiger partial charge in [-0.2, -0.15) is 13.2 Å². The zero-order valence-electron chi connectivity index (χ0n) is 13.2. The molecule has 3 nitrogen and oxygen atoms in total. The highest BCUT2D eigenvalue weighted by Crippen LogP contribution is 2.32. The maximum atomic E-state index is 14.0. The molecular weight excluding hydrogens is 370 g/mol. The molecule has 0 fully saturated rings. The summed E-state index contributed by atoms with van der Waals surface area (Å²) in [5, 5.41) is 1.16. The molecule has 0 aliphatic carbocycles. The minimum absolute atomic E-state index is 0.0250. The molecule has 26 heavy (non-hydrogen) atoms. The summed E-state index contributed by atoms with van der Waals surface area (Å²) < 4.78 is 79.6. The molecule has 0 aliphatic heterocycles. The Morgan fingerprint density at radius 3 is 2.27 bits per heavy atom. The Morgan fingerprint density at radius 1 is 0.885 bits per heavy atom. The van der Waals surface area contributed by atoms with Crippen LogP contribution in [0.5, 0.6) is 0 Å². The van der Waals surface area contributed by atoms with Gasteiger partial charge in [0.1, 0.15) is 5.82 Å². The van der Waals surface area contributed by atoms with E-state index < -0.39 is 34.1 Å². The van der Waals surface area contributed by atoms with Crippen molar-refractivity contribution in [3.8, 4) is 0 Å². The van der Waals surface area contributed by atoms with E-state index >= 15 is 0 Å². The molecule has 3 aromatic rings. The van der Waals surface area contributed by atoms with Crippen LogP contribution < -0.4 is 4.72 Å². The molecule has 1 N–H and O–H groups in total. The number of benzene rings is 3. The van der Waals surface area contributed by atoms with Crippen LogP contribution >= 0.6 is 0 Å². The molecule has 0 unspecified atom stereocenters. The van der Waals surface area contributed by atoms with E-state index in [0.717, 1.165) is 12.1 Å². The van der Waals surface area contributed by atoms with Gasteiger partial charge in [0.2, 0.25) is 10.0 Å². The highest BCUT2D eigenvalue weighted by Gasteiger charge is 2.34. The molecule has 0 saturated carbocycles. The third kappa shape index (κ3) is 3.56. The predicted molar refractivity (Wildman–Crippen MR) is 89.4 cm³/mol. The molecule has 136 valence electrons. The summed E-state index contributed by atoms with van der Waals surface area (Å²) in [7, 11) is -4.05. The summed E-state index contributed by atoms with van der Waals surface area (Å²) in [5.41, 5.74) is -1.82. The summed E-state index contributed by atoms with van der Waals surface area (Å²) in [4.78, 5) is -0.0250. The molecule has 0 saturated heterocycles. The van der Waals surface area contributed by atoms with E-state index in [1.165, 1.54) is 6.07 Å². The second kappa shape index (κ2) is 6.69. The number of hydrogen-bond acceptors (Lipinski definition) is 2. The van der Waals surface area contributed by atoms with Gasteiger partial charge in [-0.05, 0) is 17.5 Å². The molecule has 0 aliphatic rings. The normalized spacial score (nSPS) is 12.5. The third-order valence-corrected chi connectivity index (χ3v) is 5.34. The molecule has 0 heterocycles. The van der Waals surface area contributed by atoms with Crippen molar-refractivity contribution in [2.24, 2.45) is 0 Å². The van der Waals surface area contributed by atoms with Crippen LogP contribution in [-0.4, -0.2) is 8.42 Å². The predicted octanol–water partition coefficient (Wildman–Crippen LogP) is 4.48. The standard InChI is InChI=1S/C18H13F4NO2S/c19-17-13(7-3-9-15(17)18(20,21)22)11-23-26(24,25)16-10-4-6-12-5-1-2-8-14(12)16/h1-10,23H,11H2. The van der Waals surface area contributed by atoms with Gasteiger partial charge in [0.25, 0.3) is 0 Å². The van der Waals surface area contributed by atoms with Gasteiger partial charge in [-0.15, -0.1) is 0 Å². The zero-order chi connectivity index (χ0) is 18.9. The summed E-state index contributed by atoms with van der Waals surface area (Å²) in [5.74, 6) is -1.49. The molecular formula is C18H13F4NO2S. The fourth-order valence-electron chi connectivity index (χ4n) is 2.62. The van der Waals surface area contributed by atoms with Crippen LogP contribution in [0, 0.1) is 5.82 Å². The largest absolute Gasteiger partial charge is 0.419 e. The van der Waals surface area contributed by atoms with Crippen LogP contribution in [0.15, 0.2) is 65.6 Å². The SMILES string of the molecule is O=S(=O)(NCc1cccc(C(F)(F)F)c1F)c1cccc2ccccc12. The summed E-state index contributed by atoms with van der Waals surface area (Å²) in [6, 6.07) is 14.2. The zero-order valence-corrected chi connectivity index (χ0v) is 14.0. The first-order chi connectivity index (χ1) is 12.2. The molecule has 0 atom stereocenters. The number of sulfonamides is 1. The van der Waals surface area contributed by atoms with Gasteiger partial charge in [-0.25, -0.2) is 17.5 Å². The van der Waals surface area contributed by atoms with Crippen LogP contribution in [0.25, 0.3) is 10.8 Å². The lowest BCUT2D eigenvalue weighted by atomic mass is 10.1. The van der Waals surface area contributed by atoms with E-state index in [1.807, 2.05) is 0 Å². The second-order valence-electron chi connectivity index (χ2n) is 5.58. The minimum atomic E-state index is -4.85.